The topological polar surface area (TPSA) is 121 Å². The number of hydrogen-bond acceptors (Lipinski definition) is 8. The molecule has 0 saturated heterocycles. The van der Waals surface area contributed by atoms with Gasteiger partial charge in [-0.3, -0.25) is 4.72 Å². The number of anilines is 2. The Morgan fingerprint density at radius 3 is 2.59 bits per heavy atom. The van der Waals surface area contributed by atoms with Gasteiger partial charge >= 0.3 is 0 Å². The summed E-state index contributed by atoms with van der Waals surface area (Å²) in [5.74, 6) is 0.623. The second kappa shape index (κ2) is 7.61. The minimum atomic E-state index is -3.77. The summed E-state index contributed by atoms with van der Waals surface area (Å²) in [5.41, 5.74) is 1.88. The quantitative estimate of drug-likeness (QED) is 0.606. The van der Waals surface area contributed by atoms with Crippen LogP contribution in [0.1, 0.15) is 16.5 Å². The highest BCUT2D eigenvalue weighted by molar-refractivity contribution is 7.92. The Kier molecular flexibility index (Phi) is 5.25. The fraction of sp³-hybridized carbons (Fsp3) is 0.118. The molecule has 0 aliphatic rings. The number of sulfonamides is 1. The highest BCUT2D eigenvalue weighted by Gasteiger charge is 2.16. The third kappa shape index (κ3) is 4.52. The minimum Gasteiger partial charge on any atom is -0.360 e. The first-order valence-electron chi connectivity index (χ1n) is 7.73. The van der Waals surface area contributed by atoms with Crippen molar-refractivity contribution in [2.45, 2.75) is 18.7 Å². The monoisotopic (exact) mass is 401 g/mol. The number of nitrogens with one attached hydrogen (secondary N) is 2. The number of allylic oxidation sites excluding steroid dienone is 1. The summed E-state index contributed by atoms with van der Waals surface area (Å²) in [4.78, 5) is 4.35. The molecule has 0 spiro atoms. The number of nitrogens with zero attached hydrogens (tertiary/aromatic N) is 3. The number of rotatable bonds is 6. The molecule has 0 bridgehead atoms. The molecule has 2 heterocycles. The van der Waals surface area contributed by atoms with E-state index in [0.29, 0.717) is 22.0 Å². The van der Waals surface area contributed by atoms with Crippen LogP contribution in [-0.4, -0.2) is 18.6 Å². The van der Waals surface area contributed by atoms with Crippen LogP contribution in [0.15, 0.2) is 51.3 Å². The Labute approximate surface area is 160 Å². The van der Waals surface area contributed by atoms with E-state index in [2.05, 4.69) is 26.2 Å². The van der Waals surface area contributed by atoms with Crippen molar-refractivity contribution in [1.29, 1.82) is 5.26 Å². The average Bonchev–Trinajstić information content (AvgIpc) is 3.24. The second-order valence-corrected chi connectivity index (χ2v) is 8.10. The lowest BCUT2D eigenvalue weighted by molar-refractivity contribution is 0.400. The van der Waals surface area contributed by atoms with Crippen LogP contribution in [0.5, 0.6) is 0 Å². The Morgan fingerprint density at radius 2 is 2.04 bits per heavy atom. The summed E-state index contributed by atoms with van der Waals surface area (Å²) in [6.07, 6.45) is 1.54. The molecule has 8 nitrogen and oxygen atoms in total. The van der Waals surface area contributed by atoms with Crippen LogP contribution in [0.3, 0.4) is 0 Å². The fourth-order valence-electron chi connectivity index (χ4n) is 2.12. The predicted octanol–water partition coefficient (Wildman–Crippen LogP) is 3.53. The van der Waals surface area contributed by atoms with Crippen LogP contribution in [0.2, 0.25) is 0 Å². The molecule has 2 N–H and O–H groups in total. The van der Waals surface area contributed by atoms with Gasteiger partial charge < -0.3 is 9.84 Å². The van der Waals surface area contributed by atoms with Gasteiger partial charge in [-0.05, 0) is 38.1 Å². The molecular weight excluding hydrogens is 386 g/mol. The SMILES string of the molecule is Cc1csc(/C(C#N)=C/Nc2ccc(S(=O)(=O)Nc3cc(C)on3)cc2)n1. The first-order valence-corrected chi connectivity index (χ1v) is 10.1. The molecule has 0 amide bonds. The lowest BCUT2D eigenvalue weighted by Gasteiger charge is -2.06. The van der Waals surface area contributed by atoms with E-state index in [1.807, 2.05) is 12.3 Å². The molecule has 10 heteroatoms. The highest BCUT2D eigenvalue weighted by atomic mass is 32.2. The standard InChI is InChI=1S/C17H15N5O3S2/c1-11-10-26-17(20-11)13(8-18)9-19-14-3-5-15(6-4-14)27(23,24)22-16-7-12(2)25-21-16/h3-7,9-10,19H,1-2H3,(H,21,22)/b13-9+. The van der Waals surface area contributed by atoms with Crippen LogP contribution in [0.25, 0.3) is 5.57 Å². The van der Waals surface area contributed by atoms with E-state index in [1.54, 1.807) is 19.1 Å². The van der Waals surface area contributed by atoms with E-state index in [9.17, 15) is 13.7 Å². The smallest absolute Gasteiger partial charge is 0.263 e. The van der Waals surface area contributed by atoms with Crippen LogP contribution in [0, 0.1) is 25.2 Å². The Bertz CT molecular complexity index is 1120. The Balaban J connectivity index is 1.73. The van der Waals surface area contributed by atoms with E-state index in [4.69, 9.17) is 4.52 Å². The first kappa shape index (κ1) is 18.6. The summed E-state index contributed by atoms with van der Waals surface area (Å²) < 4.78 is 31.9. The van der Waals surface area contributed by atoms with Crippen molar-refractivity contribution >= 4 is 38.4 Å². The molecule has 3 rings (SSSR count). The predicted molar refractivity (Wildman–Crippen MR) is 103 cm³/mol. The maximum atomic E-state index is 12.3. The molecular formula is C17H15N5O3S2. The molecule has 1 aromatic carbocycles. The Hall–Kier alpha value is -3.16. The summed E-state index contributed by atoms with van der Waals surface area (Å²) >= 11 is 1.38. The maximum Gasteiger partial charge on any atom is 0.263 e. The largest absolute Gasteiger partial charge is 0.360 e. The molecule has 0 aliphatic carbocycles. The number of benzene rings is 1. The normalized spacial score (nSPS) is 11.8. The zero-order valence-corrected chi connectivity index (χ0v) is 16.1. The van der Waals surface area contributed by atoms with Gasteiger partial charge in [0.2, 0.25) is 0 Å². The van der Waals surface area contributed by atoms with Gasteiger partial charge in [0.15, 0.2) is 5.82 Å². The minimum absolute atomic E-state index is 0.0775. The van der Waals surface area contributed by atoms with Crippen molar-refractivity contribution in [2.24, 2.45) is 0 Å². The zero-order valence-electron chi connectivity index (χ0n) is 14.4. The summed E-state index contributed by atoms with van der Waals surface area (Å²) in [6.45, 7) is 3.53. The van der Waals surface area contributed by atoms with Crippen LogP contribution < -0.4 is 10.0 Å². The van der Waals surface area contributed by atoms with Gasteiger partial charge in [0.25, 0.3) is 10.0 Å². The molecule has 0 atom stereocenters. The van der Waals surface area contributed by atoms with Crippen molar-refractivity contribution in [2.75, 3.05) is 10.0 Å². The summed E-state index contributed by atoms with van der Waals surface area (Å²) in [5, 5.41) is 18.3. The number of aryl methyl sites for hydroxylation is 2. The van der Waals surface area contributed by atoms with Gasteiger partial charge in [0.1, 0.15) is 22.4 Å². The number of nitriles is 1. The van der Waals surface area contributed by atoms with E-state index in [-0.39, 0.29) is 10.7 Å². The van der Waals surface area contributed by atoms with Crippen LogP contribution in [0.4, 0.5) is 11.5 Å². The summed E-state index contributed by atoms with van der Waals surface area (Å²) in [7, 11) is -3.77. The molecule has 3 aromatic rings. The third-order valence-electron chi connectivity index (χ3n) is 3.38. The van der Waals surface area contributed by atoms with E-state index >= 15 is 0 Å². The van der Waals surface area contributed by atoms with Gasteiger partial charge in [-0.2, -0.15) is 5.26 Å². The van der Waals surface area contributed by atoms with Crippen molar-refractivity contribution in [1.82, 2.24) is 10.1 Å². The molecule has 2 aromatic heterocycles. The van der Waals surface area contributed by atoms with Crippen LogP contribution in [-0.2, 0) is 10.0 Å². The van der Waals surface area contributed by atoms with Gasteiger partial charge in [-0.15, -0.1) is 11.3 Å². The van der Waals surface area contributed by atoms with Gasteiger partial charge in [-0.1, -0.05) is 5.16 Å². The summed E-state index contributed by atoms with van der Waals surface area (Å²) in [6, 6.07) is 9.68. The second-order valence-electron chi connectivity index (χ2n) is 5.56. The molecule has 0 fully saturated rings. The molecule has 27 heavy (non-hydrogen) atoms. The molecule has 0 unspecified atom stereocenters. The molecule has 0 saturated carbocycles. The lowest BCUT2D eigenvalue weighted by Crippen LogP contribution is -2.13. The zero-order chi connectivity index (χ0) is 19.4. The number of thiazole rings is 1. The van der Waals surface area contributed by atoms with Crippen molar-refractivity contribution in [3.05, 3.63) is 58.4 Å². The maximum absolute atomic E-state index is 12.3. The lowest BCUT2D eigenvalue weighted by atomic mass is 10.3. The average molecular weight is 401 g/mol. The molecule has 138 valence electrons. The van der Waals surface area contributed by atoms with Crippen molar-refractivity contribution in [3.63, 3.8) is 0 Å². The number of hydrogen-bond donors (Lipinski definition) is 2. The van der Waals surface area contributed by atoms with Gasteiger partial charge in [0.05, 0.1) is 4.90 Å². The highest BCUT2D eigenvalue weighted by Crippen LogP contribution is 2.21. The fourth-order valence-corrected chi connectivity index (χ4v) is 3.86. The van der Waals surface area contributed by atoms with Crippen molar-refractivity contribution < 1.29 is 12.9 Å². The van der Waals surface area contributed by atoms with E-state index in [0.717, 1.165) is 5.69 Å². The van der Waals surface area contributed by atoms with Gasteiger partial charge in [-0.25, -0.2) is 13.4 Å². The third-order valence-corrected chi connectivity index (χ3v) is 5.75. The number of aromatic nitrogens is 2. The van der Waals surface area contributed by atoms with Crippen LogP contribution >= 0.6 is 11.3 Å². The Morgan fingerprint density at radius 1 is 1.30 bits per heavy atom. The van der Waals surface area contributed by atoms with Crippen molar-refractivity contribution in [3.8, 4) is 6.07 Å². The van der Waals surface area contributed by atoms with E-state index in [1.165, 1.54) is 35.7 Å². The van der Waals surface area contributed by atoms with Gasteiger partial charge in [0, 0.05) is 29.0 Å². The molecule has 0 radical (unpaired) electrons. The van der Waals surface area contributed by atoms with E-state index < -0.39 is 10.0 Å². The first-order chi connectivity index (χ1) is 12.9. The molecule has 0 aliphatic heterocycles.